The summed E-state index contributed by atoms with van der Waals surface area (Å²) in [5, 5.41) is 35.7. The normalized spacial score (nSPS) is 30.0. The fourth-order valence-corrected chi connectivity index (χ4v) is 8.63. The van der Waals surface area contributed by atoms with Gasteiger partial charge in [0.25, 0.3) is 0 Å². The molecule has 0 spiro atoms. The van der Waals surface area contributed by atoms with Crippen molar-refractivity contribution in [2.75, 3.05) is 33.3 Å². The molecule has 0 aromatic heterocycles. The molecule has 16 atom stereocenters. The summed E-state index contributed by atoms with van der Waals surface area (Å²) in [4.78, 5) is 53.9. The van der Waals surface area contributed by atoms with Crippen molar-refractivity contribution >= 4 is 17.8 Å². The van der Waals surface area contributed by atoms with Crippen LogP contribution < -0.4 is 10.6 Å². The number of benzene rings is 2. The van der Waals surface area contributed by atoms with Crippen LogP contribution in [-0.2, 0) is 70.2 Å². The van der Waals surface area contributed by atoms with E-state index in [1.54, 1.807) is 31.3 Å². The van der Waals surface area contributed by atoms with Gasteiger partial charge in [-0.15, -0.1) is 0 Å². The Morgan fingerprint density at radius 3 is 1.88 bits per heavy atom. The second-order valence-electron chi connectivity index (χ2n) is 16.7. The molecule has 0 bridgehead atoms. The Kier molecular flexibility index (Phi) is 23.0. The van der Waals surface area contributed by atoms with Gasteiger partial charge in [0.05, 0.1) is 56.8 Å². The van der Waals surface area contributed by atoms with Crippen molar-refractivity contribution in [3.8, 4) is 0 Å². The molecule has 7 unspecified atom stereocenters. The molecule has 1 saturated carbocycles. The monoisotopic (exact) mass is 1020 g/mol. The lowest BCUT2D eigenvalue weighted by molar-refractivity contribution is -0.335. The number of aliphatic hydroxyl groups excluding tert-OH is 1. The minimum atomic E-state index is -1.77. The van der Waals surface area contributed by atoms with Crippen molar-refractivity contribution in [2.45, 2.75) is 145 Å². The number of ether oxygens (including phenoxy) is 9. The van der Waals surface area contributed by atoms with E-state index in [-0.39, 0.29) is 52.3 Å². The molecule has 1 amide bonds. The molecule has 3 N–H and O–H groups in total. The zero-order valence-electron chi connectivity index (χ0n) is 40.2. The maximum absolute atomic E-state index is 13.7. The zero-order chi connectivity index (χ0) is 52.7. The molecule has 30 nitrogen and oxygen atoms in total. The molecule has 2 heterocycles. The number of amides is 1. The van der Waals surface area contributed by atoms with Crippen LogP contribution in [-0.4, -0.2) is 154 Å². The molecule has 3 aliphatic rings. The van der Waals surface area contributed by atoms with Crippen LogP contribution in [0.3, 0.4) is 0 Å². The predicted molar refractivity (Wildman–Crippen MR) is 252 cm³/mol. The standard InChI is InChI=1S/C43H57N17O13/c1-23-32(54-59-47)38(69-24(2)61)40(70-25(3)62)43(68-23)73-39-34(65-18-17-50-56-44)28(52-41(64)30(63)15-16-49-4)19-29(53-58-46)35(39)72-42-33(55-60-48)37(67-22-27-13-9-6-10-14-27)36(31(71-42)20-51-57-45)66-21-26-11-7-5-8-12-26/h5-14,23,28-40,42-43,49,63H,15-22H2,1-4H3,(H,52,64)/t23?,28-,29?,30+,31?,32+,33?,34?,35?,36+,37-,38+,39-,40?,42+,43+/m1/s1. The van der Waals surface area contributed by atoms with E-state index < -0.39 is 116 Å². The maximum Gasteiger partial charge on any atom is 0.303 e. The Balaban J connectivity index is 1.69. The molecule has 2 aliphatic heterocycles. The van der Waals surface area contributed by atoms with Crippen LogP contribution in [0.15, 0.2) is 86.2 Å². The van der Waals surface area contributed by atoms with E-state index in [1.165, 1.54) is 6.92 Å². The van der Waals surface area contributed by atoms with Crippen molar-refractivity contribution in [2.24, 2.45) is 25.6 Å². The molecule has 2 aromatic rings. The number of hydrogen-bond donors (Lipinski definition) is 3. The first kappa shape index (κ1) is 56.9. The van der Waals surface area contributed by atoms with Gasteiger partial charge in [-0.25, -0.2) is 0 Å². The van der Waals surface area contributed by atoms with Gasteiger partial charge in [0.1, 0.15) is 42.6 Å². The van der Waals surface area contributed by atoms with Gasteiger partial charge >= 0.3 is 11.9 Å². The highest BCUT2D eigenvalue weighted by atomic mass is 16.7. The molecule has 1 aliphatic carbocycles. The Bertz CT molecular complexity index is 2370. The molecule has 3 fully saturated rings. The summed E-state index contributed by atoms with van der Waals surface area (Å²) >= 11 is 0. The fourth-order valence-electron chi connectivity index (χ4n) is 8.63. The molecule has 392 valence electrons. The minimum absolute atomic E-state index is 0.00263. The van der Waals surface area contributed by atoms with E-state index in [0.717, 1.165) is 19.4 Å². The van der Waals surface area contributed by atoms with Crippen LogP contribution in [0, 0.1) is 0 Å². The van der Waals surface area contributed by atoms with E-state index in [1.807, 2.05) is 36.4 Å². The largest absolute Gasteiger partial charge is 0.458 e. The SMILES string of the molecule is CNCC[C@H](O)C(=O)N[C@@H]1CC(N=[N+]=[N-])C(O[C@@H]2OC(CN=[N+]=[N-])[C@H](OCc3ccccc3)[C@H](OCc3ccccc3)C2N=[N+]=[N-])[C@H](O[C@@H]2OC(C)[C@H](N=[N+]=[N-])[C@H](OC(C)=O)C2OC(C)=O)C1OCCN=[N+]=[N-]. The minimum Gasteiger partial charge on any atom is -0.458 e. The number of hydrogen-bond acceptors (Lipinski definition) is 19. The molecular weight excluding hydrogens is 963 g/mol. The van der Waals surface area contributed by atoms with Crippen LogP contribution in [0.25, 0.3) is 52.2 Å². The van der Waals surface area contributed by atoms with Gasteiger partial charge in [0.2, 0.25) is 5.91 Å². The fraction of sp³-hybridized carbons (Fsp3) is 0.651. The van der Waals surface area contributed by atoms with Gasteiger partial charge < -0.3 is 58.4 Å². The van der Waals surface area contributed by atoms with Crippen LogP contribution in [0.5, 0.6) is 0 Å². The number of carbonyl (C=O) groups is 3. The number of nitrogens with one attached hydrogen (secondary N) is 2. The highest BCUT2D eigenvalue weighted by Crippen LogP contribution is 2.39. The molecular formula is C43H57N17O13. The highest BCUT2D eigenvalue weighted by Gasteiger charge is 2.56. The van der Waals surface area contributed by atoms with Gasteiger partial charge in [-0.3, -0.25) is 14.4 Å². The second kappa shape index (κ2) is 29.5. The van der Waals surface area contributed by atoms with Crippen molar-refractivity contribution in [1.29, 1.82) is 0 Å². The number of nitrogens with zero attached hydrogens (tertiary/aromatic N) is 15. The van der Waals surface area contributed by atoms with Crippen LogP contribution in [0.2, 0.25) is 0 Å². The average molecular weight is 1020 g/mol. The first-order chi connectivity index (χ1) is 35.4. The molecule has 2 saturated heterocycles. The van der Waals surface area contributed by atoms with Crippen LogP contribution >= 0.6 is 0 Å². The van der Waals surface area contributed by atoms with Gasteiger partial charge in [-0.2, -0.15) is 0 Å². The summed E-state index contributed by atoms with van der Waals surface area (Å²) in [7, 11) is 1.63. The van der Waals surface area contributed by atoms with E-state index >= 15 is 0 Å². The molecule has 2 aromatic carbocycles. The Morgan fingerprint density at radius 1 is 0.699 bits per heavy atom. The Labute approximate surface area is 417 Å². The molecule has 0 radical (unpaired) electrons. The lowest BCUT2D eigenvalue weighted by atomic mass is 9.83. The maximum atomic E-state index is 13.7. The van der Waals surface area contributed by atoms with Crippen molar-refractivity contribution in [1.82, 2.24) is 10.6 Å². The van der Waals surface area contributed by atoms with Crippen LogP contribution in [0.1, 0.15) is 44.7 Å². The molecule has 73 heavy (non-hydrogen) atoms. The van der Waals surface area contributed by atoms with Crippen molar-refractivity contribution < 1.29 is 62.1 Å². The summed E-state index contributed by atoms with van der Waals surface area (Å²) in [6.45, 7) is 2.81. The van der Waals surface area contributed by atoms with Gasteiger partial charge in [0, 0.05) is 45.0 Å². The number of aliphatic hydroxyl groups is 1. The van der Waals surface area contributed by atoms with Gasteiger partial charge in [-0.1, -0.05) is 86.2 Å². The number of rotatable bonds is 26. The van der Waals surface area contributed by atoms with E-state index in [0.29, 0.717) is 5.56 Å². The van der Waals surface area contributed by atoms with E-state index in [9.17, 15) is 41.6 Å². The molecule has 5 rings (SSSR count). The summed E-state index contributed by atoms with van der Waals surface area (Å²) in [6, 6.07) is 12.7. The summed E-state index contributed by atoms with van der Waals surface area (Å²) in [5.41, 5.74) is 50.0. The van der Waals surface area contributed by atoms with Gasteiger partial charge in [0.15, 0.2) is 24.8 Å². The third-order valence-corrected chi connectivity index (χ3v) is 11.8. The van der Waals surface area contributed by atoms with Crippen molar-refractivity contribution in [3.63, 3.8) is 0 Å². The number of esters is 2. The van der Waals surface area contributed by atoms with Crippen LogP contribution in [0.4, 0.5) is 0 Å². The topological polar surface area (TPSA) is 422 Å². The van der Waals surface area contributed by atoms with Crippen molar-refractivity contribution in [3.05, 3.63) is 124 Å². The average Bonchev–Trinajstić information content (AvgIpc) is 3.37. The predicted octanol–water partition coefficient (Wildman–Crippen LogP) is 5.16. The summed E-state index contributed by atoms with van der Waals surface area (Å²) in [6.07, 6.45) is -17.9. The smallest absolute Gasteiger partial charge is 0.303 e. The molecule has 30 heteroatoms. The lowest BCUT2D eigenvalue weighted by Crippen LogP contribution is -2.68. The quantitative estimate of drug-likeness (QED) is 0.0360. The van der Waals surface area contributed by atoms with Gasteiger partial charge in [-0.05, 0) is 72.1 Å². The van der Waals surface area contributed by atoms with E-state index in [4.69, 9.17) is 48.2 Å². The number of azide groups is 5. The lowest BCUT2D eigenvalue weighted by Gasteiger charge is -2.51. The number of carbonyl (C=O) groups excluding carboxylic acids is 3. The third-order valence-electron chi connectivity index (χ3n) is 11.8. The Hall–Kier alpha value is -6.96. The Morgan fingerprint density at radius 2 is 1.29 bits per heavy atom. The highest BCUT2D eigenvalue weighted by molar-refractivity contribution is 5.80. The third kappa shape index (κ3) is 16.3. The first-order valence-electron chi connectivity index (χ1n) is 23.0. The van der Waals surface area contributed by atoms with E-state index in [2.05, 4.69) is 60.8 Å². The zero-order valence-corrected chi connectivity index (χ0v) is 40.2. The summed E-state index contributed by atoms with van der Waals surface area (Å²) < 4.78 is 57.0. The summed E-state index contributed by atoms with van der Waals surface area (Å²) in [5.74, 6) is -2.64. The second-order valence-corrected chi connectivity index (χ2v) is 16.7. The first-order valence-corrected chi connectivity index (χ1v) is 23.0.